The molecule has 0 saturated heterocycles. The van der Waals surface area contributed by atoms with Crippen molar-refractivity contribution >= 4 is 11.3 Å². The van der Waals surface area contributed by atoms with Crippen molar-refractivity contribution in [3.05, 3.63) is 16.8 Å². The molecular formula is C10H13N3O2S. The quantitative estimate of drug-likeness (QED) is 0.884. The molecule has 2 unspecified atom stereocenters. The molecule has 0 saturated carbocycles. The van der Waals surface area contributed by atoms with Crippen molar-refractivity contribution in [2.24, 2.45) is 0 Å². The lowest BCUT2D eigenvalue weighted by molar-refractivity contribution is 0.141. The summed E-state index contributed by atoms with van der Waals surface area (Å²) in [6.45, 7) is 3.70. The van der Waals surface area contributed by atoms with Crippen molar-refractivity contribution in [1.29, 1.82) is 0 Å². The SMILES string of the molecule is CCC(c1nc(-c2cscn2)no1)C(C)O. The fraction of sp³-hybridized carbons (Fsp3) is 0.500. The molecule has 2 aromatic rings. The maximum absolute atomic E-state index is 9.56. The topological polar surface area (TPSA) is 72.0 Å². The van der Waals surface area contributed by atoms with Gasteiger partial charge in [0.25, 0.3) is 0 Å². The number of aromatic nitrogens is 3. The summed E-state index contributed by atoms with van der Waals surface area (Å²) in [5.41, 5.74) is 2.43. The Labute approximate surface area is 97.2 Å². The van der Waals surface area contributed by atoms with Gasteiger partial charge in [0, 0.05) is 5.38 Å². The molecule has 0 amide bonds. The Morgan fingerprint density at radius 3 is 2.94 bits per heavy atom. The Hall–Kier alpha value is -1.27. The van der Waals surface area contributed by atoms with Gasteiger partial charge in [-0.15, -0.1) is 11.3 Å². The van der Waals surface area contributed by atoms with E-state index >= 15 is 0 Å². The maximum atomic E-state index is 9.56. The van der Waals surface area contributed by atoms with Gasteiger partial charge in [-0.2, -0.15) is 4.98 Å². The van der Waals surface area contributed by atoms with Crippen LogP contribution in [-0.2, 0) is 0 Å². The Morgan fingerprint density at radius 1 is 1.56 bits per heavy atom. The summed E-state index contributed by atoms with van der Waals surface area (Å²) in [7, 11) is 0. The van der Waals surface area contributed by atoms with Crippen LogP contribution in [-0.4, -0.2) is 26.3 Å². The van der Waals surface area contributed by atoms with Gasteiger partial charge in [-0.05, 0) is 13.3 Å². The second-order valence-electron chi connectivity index (χ2n) is 3.59. The van der Waals surface area contributed by atoms with Gasteiger partial charge < -0.3 is 9.63 Å². The molecule has 86 valence electrons. The molecule has 0 aromatic carbocycles. The van der Waals surface area contributed by atoms with Crippen molar-refractivity contribution in [2.45, 2.75) is 32.3 Å². The highest BCUT2D eigenvalue weighted by atomic mass is 32.1. The summed E-state index contributed by atoms with van der Waals surface area (Å²) >= 11 is 1.48. The van der Waals surface area contributed by atoms with Gasteiger partial charge in [0.2, 0.25) is 11.7 Å². The van der Waals surface area contributed by atoms with Gasteiger partial charge in [-0.25, -0.2) is 4.98 Å². The summed E-state index contributed by atoms with van der Waals surface area (Å²) in [6, 6.07) is 0. The molecule has 2 atom stereocenters. The van der Waals surface area contributed by atoms with Crippen LogP contribution in [0.3, 0.4) is 0 Å². The summed E-state index contributed by atoms with van der Waals surface area (Å²) in [5, 5.41) is 15.3. The number of thiazole rings is 1. The third-order valence-electron chi connectivity index (χ3n) is 2.44. The van der Waals surface area contributed by atoms with Crippen molar-refractivity contribution in [2.75, 3.05) is 0 Å². The third kappa shape index (κ3) is 2.12. The number of rotatable bonds is 4. The number of aliphatic hydroxyl groups is 1. The van der Waals surface area contributed by atoms with Crippen LogP contribution < -0.4 is 0 Å². The predicted octanol–water partition coefficient (Wildman–Crippen LogP) is 2.07. The lowest BCUT2D eigenvalue weighted by Gasteiger charge is -2.12. The van der Waals surface area contributed by atoms with Gasteiger partial charge >= 0.3 is 0 Å². The zero-order valence-corrected chi connectivity index (χ0v) is 9.94. The molecule has 2 aromatic heterocycles. The molecule has 0 radical (unpaired) electrons. The molecule has 1 N–H and O–H groups in total. The molecular weight excluding hydrogens is 226 g/mol. The Kier molecular flexibility index (Phi) is 3.31. The third-order valence-corrected chi connectivity index (χ3v) is 3.03. The van der Waals surface area contributed by atoms with E-state index in [2.05, 4.69) is 15.1 Å². The van der Waals surface area contributed by atoms with Gasteiger partial charge in [-0.1, -0.05) is 12.1 Å². The summed E-state index contributed by atoms with van der Waals surface area (Å²) < 4.78 is 5.15. The first-order chi connectivity index (χ1) is 7.72. The van der Waals surface area contributed by atoms with Gasteiger partial charge in [0.1, 0.15) is 5.69 Å². The highest BCUT2D eigenvalue weighted by Crippen LogP contribution is 2.24. The number of hydrogen-bond donors (Lipinski definition) is 1. The van der Waals surface area contributed by atoms with E-state index in [-0.39, 0.29) is 5.92 Å². The fourth-order valence-corrected chi connectivity index (χ4v) is 2.07. The predicted molar refractivity (Wildman–Crippen MR) is 60.1 cm³/mol. The zero-order valence-electron chi connectivity index (χ0n) is 9.12. The first-order valence-corrected chi connectivity index (χ1v) is 6.07. The van der Waals surface area contributed by atoms with Crippen molar-refractivity contribution in [3.63, 3.8) is 0 Å². The Balaban J connectivity index is 2.25. The van der Waals surface area contributed by atoms with E-state index in [0.29, 0.717) is 17.4 Å². The first-order valence-electron chi connectivity index (χ1n) is 5.12. The van der Waals surface area contributed by atoms with E-state index in [1.807, 2.05) is 12.3 Å². The maximum Gasteiger partial charge on any atom is 0.232 e. The standard InChI is InChI=1S/C10H13N3O2S/c1-3-7(6(2)14)10-12-9(13-15-10)8-4-16-5-11-8/h4-7,14H,3H2,1-2H3. The van der Waals surface area contributed by atoms with Gasteiger partial charge in [0.15, 0.2) is 0 Å². The molecule has 0 spiro atoms. The molecule has 2 heterocycles. The van der Waals surface area contributed by atoms with E-state index in [9.17, 15) is 5.11 Å². The van der Waals surface area contributed by atoms with Crippen LogP contribution in [0, 0.1) is 0 Å². The molecule has 0 aliphatic carbocycles. The van der Waals surface area contributed by atoms with E-state index in [1.54, 1.807) is 12.4 Å². The molecule has 0 fully saturated rings. The minimum absolute atomic E-state index is 0.111. The second kappa shape index (κ2) is 4.71. The molecule has 0 bridgehead atoms. The number of aliphatic hydroxyl groups excluding tert-OH is 1. The van der Waals surface area contributed by atoms with Crippen molar-refractivity contribution < 1.29 is 9.63 Å². The monoisotopic (exact) mass is 239 g/mol. The second-order valence-corrected chi connectivity index (χ2v) is 4.30. The van der Waals surface area contributed by atoms with E-state index in [0.717, 1.165) is 6.42 Å². The lowest BCUT2D eigenvalue weighted by Crippen LogP contribution is -2.13. The van der Waals surface area contributed by atoms with Gasteiger partial charge in [-0.3, -0.25) is 0 Å². The molecule has 2 rings (SSSR count). The van der Waals surface area contributed by atoms with Crippen molar-refractivity contribution in [3.8, 4) is 11.5 Å². The van der Waals surface area contributed by atoms with Crippen LogP contribution in [0.4, 0.5) is 0 Å². The largest absolute Gasteiger partial charge is 0.393 e. The van der Waals surface area contributed by atoms with Crippen LogP contribution in [0.1, 0.15) is 32.1 Å². The number of nitrogens with zero attached hydrogens (tertiary/aromatic N) is 3. The van der Waals surface area contributed by atoms with E-state index in [1.165, 1.54) is 11.3 Å². The highest BCUT2D eigenvalue weighted by molar-refractivity contribution is 7.07. The van der Waals surface area contributed by atoms with Gasteiger partial charge in [0.05, 0.1) is 17.5 Å². The van der Waals surface area contributed by atoms with E-state index in [4.69, 9.17) is 4.52 Å². The zero-order chi connectivity index (χ0) is 11.5. The smallest absolute Gasteiger partial charge is 0.232 e. The summed E-state index contributed by atoms with van der Waals surface area (Å²) in [5.74, 6) is 0.843. The van der Waals surface area contributed by atoms with Crippen LogP contribution in [0.5, 0.6) is 0 Å². The minimum atomic E-state index is -0.492. The molecule has 0 aliphatic rings. The Morgan fingerprint density at radius 2 is 2.38 bits per heavy atom. The minimum Gasteiger partial charge on any atom is -0.393 e. The molecule has 5 nitrogen and oxygen atoms in total. The van der Waals surface area contributed by atoms with Crippen LogP contribution >= 0.6 is 11.3 Å². The normalized spacial score (nSPS) is 14.9. The molecule has 16 heavy (non-hydrogen) atoms. The van der Waals surface area contributed by atoms with E-state index < -0.39 is 6.10 Å². The number of hydrogen-bond acceptors (Lipinski definition) is 6. The average molecular weight is 239 g/mol. The summed E-state index contributed by atoms with van der Waals surface area (Å²) in [4.78, 5) is 8.35. The lowest BCUT2D eigenvalue weighted by atomic mass is 10.0. The summed E-state index contributed by atoms with van der Waals surface area (Å²) in [6.07, 6.45) is 0.268. The average Bonchev–Trinajstić information content (AvgIpc) is 2.86. The molecule has 6 heteroatoms. The molecule has 0 aliphatic heterocycles. The Bertz CT molecular complexity index is 439. The van der Waals surface area contributed by atoms with Crippen LogP contribution in [0.2, 0.25) is 0 Å². The fourth-order valence-electron chi connectivity index (χ4n) is 1.53. The highest BCUT2D eigenvalue weighted by Gasteiger charge is 2.22. The van der Waals surface area contributed by atoms with Crippen LogP contribution in [0.15, 0.2) is 15.4 Å². The first kappa shape index (κ1) is 11.2. The van der Waals surface area contributed by atoms with Crippen molar-refractivity contribution in [1.82, 2.24) is 15.1 Å². The van der Waals surface area contributed by atoms with Crippen LogP contribution in [0.25, 0.3) is 11.5 Å².